The Kier molecular flexibility index (Phi) is 6.17. The van der Waals surface area contributed by atoms with Crippen molar-refractivity contribution in [2.75, 3.05) is 19.7 Å². The van der Waals surface area contributed by atoms with E-state index in [1.54, 1.807) is 11.0 Å². The van der Waals surface area contributed by atoms with E-state index in [1.807, 2.05) is 42.5 Å². The smallest absolute Gasteiger partial charge is 0.276 e. The number of phenolic OH excluding ortho intramolecular Hbond substituents is 1. The van der Waals surface area contributed by atoms with Crippen LogP contribution in [0.15, 0.2) is 77.7 Å². The first-order chi connectivity index (χ1) is 18.6. The second kappa shape index (κ2) is 9.93. The fraction of sp³-hybridized carbons (Fsp3) is 0.207. The Morgan fingerprint density at radius 3 is 2.79 bits per heavy atom. The van der Waals surface area contributed by atoms with Gasteiger partial charge in [0.15, 0.2) is 12.1 Å². The molecule has 0 fully saturated rings. The summed E-state index contributed by atoms with van der Waals surface area (Å²) >= 11 is 0. The number of rotatable bonds is 1. The third kappa shape index (κ3) is 4.54. The zero-order valence-electron chi connectivity index (χ0n) is 20.4. The minimum absolute atomic E-state index is 0.123. The van der Waals surface area contributed by atoms with Gasteiger partial charge < -0.3 is 29.2 Å². The molecule has 7 rings (SSSR count). The largest absolute Gasteiger partial charge is 0.507 e. The van der Waals surface area contributed by atoms with Gasteiger partial charge in [-0.15, -0.1) is 0 Å². The maximum Gasteiger partial charge on any atom is 0.276 e. The number of amides is 2. The van der Waals surface area contributed by atoms with E-state index in [9.17, 15) is 14.7 Å². The molecule has 4 aromatic rings. The van der Waals surface area contributed by atoms with Gasteiger partial charge in [0.1, 0.15) is 29.3 Å². The van der Waals surface area contributed by atoms with Gasteiger partial charge in [0.05, 0.1) is 18.2 Å². The molecular weight excluding hydrogens is 486 g/mol. The molecule has 4 heterocycles. The summed E-state index contributed by atoms with van der Waals surface area (Å²) in [6, 6.07) is 17.7. The normalized spacial score (nSPS) is 17.0. The van der Waals surface area contributed by atoms with Gasteiger partial charge in [0.2, 0.25) is 0 Å². The van der Waals surface area contributed by atoms with Crippen LogP contribution in [0, 0.1) is 0 Å². The molecule has 1 atom stereocenters. The molecule has 0 saturated carbocycles. The predicted molar refractivity (Wildman–Crippen MR) is 137 cm³/mol. The van der Waals surface area contributed by atoms with E-state index >= 15 is 0 Å². The van der Waals surface area contributed by atoms with Crippen molar-refractivity contribution in [3.05, 3.63) is 101 Å². The van der Waals surface area contributed by atoms with Crippen molar-refractivity contribution >= 4 is 11.8 Å². The average molecular weight is 512 g/mol. The van der Waals surface area contributed by atoms with Crippen LogP contribution in [0.2, 0.25) is 0 Å². The Bertz CT molecular complexity index is 1500. The fourth-order valence-corrected chi connectivity index (χ4v) is 4.94. The molecule has 0 aliphatic carbocycles. The van der Waals surface area contributed by atoms with Gasteiger partial charge in [0.25, 0.3) is 11.8 Å². The first kappa shape index (κ1) is 23.6. The van der Waals surface area contributed by atoms with Crippen LogP contribution in [0.25, 0.3) is 0 Å². The molecule has 0 radical (unpaired) electrons. The second-order valence-corrected chi connectivity index (χ2v) is 9.20. The number of aromatic nitrogens is 1. The third-order valence-electron chi connectivity index (χ3n) is 6.75. The van der Waals surface area contributed by atoms with Crippen molar-refractivity contribution in [3.63, 3.8) is 0 Å². The lowest BCUT2D eigenvalue weighted by Crippen LogP contribution is -2.40. The van der Waals surface area contributed by atoms with Crippen LogP contribution in [0.4, 0.5) is 0 Å². The third-order valence-corrected chi connectivity index (χ3v) is 6.75. The molecule has 2 amide bonds. The summed E-state index contributed by atoms with van der Waals surface area (Å²) in [6.07, 6.45) is 3.80. The van der Waals surface area contributed by atoms with Gasteiger partial charge in [-0.05, 0) is 72.0 Å². The number of ether oxygens (including phenoxy) is 2. The number of nitrogens with zero attached hydrogens (tertiary/aromatic N) is 2. The number of benzene rings is 3. The van der Waals surface area contributed by atoms with E-state index in [0.29, 0.717) is 49.8 Å². The number of hydrogen-bond acceptors (Lipinski definition) is 7. The minimum atomic E-state index is -0.388. The maximum absolute atomic E-state index is 13.4. The van der Waals surface area contributed by atoms with Crippen molar-refractivity contribution in [2.24, 2.45) is 0 Å². The number of aromatic hydroxyl groups is 1. The highest BCUT2D eigenvalue weighted by molar-refractivity contribution is 5.97. The average Bonchev–Trinajstić information content (AvgIpc) is 3.48. The lowest BCUT2D eigenvalue weighted by Gasteiger charge is -2.37. The van der Waals surface area contributed by atoms with Crippen LogP contribution < -0.4 is 14.8 Å². The Morgan fingerprint density at radius 1 is 1.05 bits per heavy atom. The standard InChI is InChI=1S/C29H25N3O6/c33-26-8-6-22-15-24(26)28(34)30-10-2-12-37-20-4-1-3-19(14-20)27-23-7-5-21(38-22)13-18(23)9-11-32(27)29(35)25-16-36-17-31-25/h1,3-8,13-17,27,33H,2,9-12H2,(H,30,34). The number of carbonyl (C=O) groups excluding carboxylic acids is 2. The molecule has 3 aromatic carbocycles. The number of fused-ring (bicyclic) bond motifs is 6. The summed E-state index contributed by atoms with van der Waals surface area (Å²) in [6.45, 7) is 1.22. The summed E-state index contributed by atoms with van der Waals surface area (Å²) in [7, 11) is 0. The summed E-state index contributed by atoms with van der Waals surface area (Å²) in [4.78, 5) is 32.0. The summed E-state index contributed by atoms with van der Waals surface area (Å²) < 4.78 is 17.1. The molecule has 3 aliphatic rings. The number of oxazole rings is 1. The number of phenols is 1. The van der Waals surface area contributed by atoms with Crippen LogP contribution in [0.3, 0.4) is 0 Å². The first-order valence-electron chi connectivity index (χ1n) is 12.4. The highest BCUT2D eigenvalue weighted by Gasteiger charge is 2.34. The lowest BCUT2D eigenvalue weighted by atomic mass is 9.87. The van der Waals surface area contributed by atoms with Gasteiger partial charge in [-0.3, -0.25) is 9.59 Å². The molecule has 9 heteroatoms. The molecule has 0 spiro atoms. The minimum Gasteiger partial charge on any atom is -0.507 e. The topological polar surface area (TPSA) is 114 Å². The van der Waals surface area contributed by atoms with Crippen LogP contribution >= 0.6 is 0 Å². The summed E-state index contributed by atoms with van der Waals surface area (Å²) in [5.41, 5.74) is 3.32. The molecule has 3 aliphatic heterocycles. The molecule has 38 heavy (non-hydrogen) atoms. The van der Waals surface area contributed by atoms with Gasteiger partial charge in [-0.1, -0.05) is 18.2 Å². The van der Waals surface area contributed by atoms with Crippen molar-refractivity contribution in [1.82, 2.24) is 15.2 Å². The van der Waals surface area contributed by atoms with E-state index in [1.165, 1.54) is 24.8 Å². The molecule has 1 aromatic heterocycles. The maximum atomic E-state index is 13.4. The van der Waals surface area contributed by atoms with Gasteiger partial charge >= 0.3 is 0 Å². The van der Waals surface area contributed by atoms with E-state index < -0.39 is 0 Å². The molecule has 1 unspecified atom stereocenters. The zero-order valence-corrected chi connectivity index (χ0v) is 20.4. The predicted octanol–water partition coefficient (Wildman–Crippen LogP) is 4.47. The Labute approximate surface area is 218 Å². The fourth-order valence-electron chi connectivity index (χ4n) is 4.94. The van der Waals surface area contributed by atoms with Crippen LogP contribution in [0.1, 0.15) is 50.0 Å². The van der Waals surface area contributed by atoms with E-state index in [0.717, 1.165) is 16.7 Å². The van der Waals surface area contributed by atoms with Crippen LogP contribution in [-0.2, 0) is 6.42 Å². The molecule has 192 valence electrons. The Balaban J connectivity index is 1.43. The number of nitrogens with one attached hydrogen (secondary N) is 1. The van der Waals surface area contributed by atoms with E-state index in [2.05, 4.69) is 10.3 Å². The number of hydrogen-bond donors (Lipinski definition) is 2. The summed E-state index contributed by atoms with van der Waals surface area (Å²) in [5.74, 6) is 0.967. The number of carbonyl (C=O) groups is 2. The van der Waals surface area contributed by atoms with Gasteiger partial charge in [-0.25, -0.2) is 4.98 Å². The van der Waals surface area contributed by atoms with Gasteiger partial charge in [-0.2, -0.15) is 0 Å². The van der Waals surface area contributed by atoms with Crippen molar-refractivity contribution in [1.29, 1.82) is 0 Å². The van der Waals surface area contributed by atoms with Crippen LogP contribution in [0.5, 0.6) is 23.0 Å². The lowest BCUT2D eigenvalue weighted by molar-refractivity contribution is 0.0688. The molecule has 0 saturated heterocycles. The van der Waals surface area contributed by atoms with Crippen molar-refractivity contribution < 1.29 is 28.6 Å². The van der Waals surface area contributed by atoms with E-state index in [4.69, 9.17) is 13.9 Å². The van der Waals surface area contributed by atoms with E-state index in [-0.39, 0.29) is 34.9 Å². The molecule has 8 bridgehead atoms. The SMILES string of the molecule is O=C1NCCCOc2cccc(c2)C2c3ccc(cc3CCN2C(=O)c2cocn2)Oc2ccc(O)c1c2. The Hall–Kier alpha value is -4.79. The first-order valence-corrected chi connectivity index (χ1v) is 12.4. The highest BCUT2D eigenvalue weighted by atomic mass is 16.5. The van der Waals surface area contributed by atoms with Crippen molar-refractivity contribution in [3.8, 4) is 23.0 Å². The molecule has 2 N–H and O–H groups in total. The molecule has 9 nitrogen and oxygen atoms in total. The molecular formula is C29H25N3O6. The Morgan fingerprint density at radius 2 is 1.92 bits per heavy atom. The monoisotopic (exact) mass is 511 g/mol. The zero-order chi connectivity index (χ0) is 26.1. The summed E-state index contributed by atoms with van der Waals surface area (Å²) in [5, 5.41) is 13.1. The van der Waals surface area contributed by atoms with Crippen LogP contribution in [-0.4, -0.2) is 46.5 Å². The van der Waals surface area contributed by atoms with Crippen molar-refractivity contribution in [2.45, 2.75) is 18.9 Å². The highest BCUT2D eigenvalue weighted by Crippen LogP contribution is 2.39. The second-order valence-electron chi connectivity index (χ2n) is 9.20. The van der Waals surface area contributed by atoms with Gasteiger partial charge in [0, 0.05) is 13.1 Å². The quantitative estimate of drug-likeness (QED) is 0.388.